The third kappa shape index (κ3) is 2.13. The number of halogens is 1. The van der Waals surface area contributed by atoms with Crippen LogP contribution in [0.25, 0.3) is 11.5 Å². The molecule has 0 bridgehead atoms. The lowest BCUT2D eigenvalue weighted by atomic mass is 10.2. The largest absolute Gasteiger partial charge is 0.474 e. The Morgan fingerprint density at radius 3 is 2.72 bits per heavy atom. The molecule has 9 heteroatoms. The van der Waals surface area contributed by atoms with Crippen LogP contribution in [0, 0.1) is 10.1 Å². The second kappa shape index (κ2) is 4.41. The van der Waals surface area contributed by atoms with Crippen molar-refractivity contribution in [3.8, 4) is 11.5 Å². The van der Waals surface area contributed by atoms with Gasteiger partial charge in [0, 0.05) is 11.1 Å². The maximum Gasteiger partial charge on any atom is 0.393 e. The van der Waals surface area contributed by atoms with E-state index < -0.39 is 16.8 Å². The van der Waals surface area contributed by atoms with E-state index in [1.165, 1.54) is 12.1 Å². The molecule has 18 heavy (non-hydrogen) atoms. The number of rotatable bonds is 3. The monoisotopic (exact) mass is 269 g/mol. The van der Waals surface area contributed by atoms with Crippen molar-refractivity contribution in [2.24, 2.45) is 0 Å². The third-order valence-corrected chi connectivity index (χ3v) is 2.23. The van der Waals surface area contributed by atoms with E-state index in [9.17, 15) is 14.9 Å². The molecule has 1 aromatic carbocycles. The molecule has 0 aliphatic rings. The number of nitrogens with zero attached hydrogens (tertiary/aromatic N) is 3. The molecule has 8 nitrogen and oxygen atoms in total. The van der Waals surface area contributed by atoms with E-state index in [2.05, 4.69) is 10.2 Å². The summed E-state index contributed by atoms with van der Waals surface area (Å²) in [6.45, 7) is 0. The van der Waals surface area contributed by atoms with Gasteiger partial charge in [-0.2, -0.15) is 0 Å². The SMILES string of the molecule is O=C(O)c1nnc(-c2ccc(Cl)cc2[N+](=O)[O-])o1. The number of nitro groups is 1. The van der Waals surface area contributed by atoms with Crippen molar-refractivity contribution in [3.05, 3.63) is 39.2 Å². The number of benzene rings is 1. The predicted octanol–water partition coefficient (Wildman–Crippen LogP) is 2.00. The van der Waals surface area contributed by atoms with Crippen molar-refractivity contribution >= 4 is 23.3 Å². The Morgan fingerprint density at radius 2 is 2.17 bits per heavy atom. The highest BCUT2D eigenvalue weighted by atomic mass is 35.5. The van der Waals surface area contributed by atoms with Crippen LogP contribution < -0.4 is 0 Å². The van der Waals surface area contributed by atoms with Crippen LogP contribution in [0.3, 0.4) is 0 Å². The first-order chi connectivity index (χ1) is 8.49. The molecule has 0 spiro atoms. The number of carboxylic acid groups (broad SMARTS) is 1. The van der Waals surface area contributed by atoms with Crippen LogP contribution >= 0.6 is 11.6 Å². The predicted molar refractivity (Wildman–Crippen MR) is 58.4 cm³/mol. The average Bonchev–Trinajstić information content (AvgIpc) is 2.78. The molecular weight excluding hydrogens is 266 g/mol. The molecule has 0 atom stereocenters. The standard InChI is InChI=1S/C9H4ClN3O5/c10-4-1-2-5(6(3-4)13(16)17)7-11-12-8(18-7)9(14)15/h1-3H,(H,14,15). The number of carbonyl (C=O) groups is 1. The van der Waals surface area contributed by atoms with Gasteiger partial charge in [-0.25, -0.2) is 4.79 Å². The van der Waals surface area contributed by atoms with Crippen LogP contribution in [0.4, 0.5) is 5.69 Å². The topological polar surface area (TPSA) is 119 Å². The van der Waals surface area contributed by atoms with E-state index in [4.69, 9.17) is 21.1 Å². The number of carboxylic acids is 1. The Hall–Kier alpha value is -2.48. The number of aromatic nitrogens is 2. The Kier molecular flexibility index (Phi) is 2.94. The number of nitro benzene ring substituents is 1. The number of hydrogen-bond donors (Lipinski definition) is 1. The smallest absolute Gasteiger partial charge is 0.393 e. The van der Waals surface area contributed by atoms with E-state index in [1.807, 2.05) is 0 Å². The summed E-state index contributed by atoms with van der Waals surface area (Å²) in [4.78, 5) is 20.7. The minimum absolute atomic E-state index is 0.00407. The Bertz CT molecular complexity index is 639. The van der Waals surface area contributed by atoms with Crippen molar-refractivity contribution in [3.63, 3.8) is 0 Å². The summed E-state index contributed by atoms with van der Waals surface area (Å²) in [6, 6.07) is 3.82. The highest BCUT2D eigenvalue weighted by molar-refractivity contribution is 6.30. The molecule has 0 fully saturated rings. The van der Waals surface area contributed by atoms with Gasteiger partial charge in [-0.05, 0) is 12.1 Å². The van der Waals surface area contributed by atoms with Crippen LogP contribution in [-0.4, -0.2) is 26.2 Å². The van der Waals surface area contributed by atoms with E-state index >= 15 is 0 Å². The summed E-state index contributed by atoms with van der Waals surface area (Å²) in [5.74, 6) is -2.31. The lowest BCUT2D eigenvalue weighted by molar-refractivity contribution is -0.384. The van der Waals surface area contributed by atoms with Gasteiger partial charge in [-0.1, -0.05) is 11.6 Å². The van der Waals surface area contributed by atoms with Gasteiger partial charge in [-0.3, -0.25) is 10.1 Å². The first kappa shape index (κ1) is 12.0. The zero-order valence-corrected chi connectivity index (χ0v) is 9.29. The number of hydrogen-bond acceptors (Lipinski definition) is 6. The molecule has 1 aromatic heterocycles. The summed E-state index contributed by atoms with van der Waals surface area (Å²) in [5.41, 5.74) is -0.340. The van der Waals surface area contributed by atoms with Crippen molar-refractivity contribution in [2.45, 2.75) is 0 Å². The molecule has 1 heterocycles. The van der Waals surface area contributed by atoms with Gasteiger partial charge in [0.25, 0.3) is 11.6 Å². The Morgan fingerprint density at radius 1 is 1.44 bits per heavy atom. The van der Waals surface area contributed by atoms with Crippen molar-refractivity contribution < 1.29 is 19.2 Å². The van der Waals surface area contributed by atoms with Gasteiger partial charge < -0.3 is 9.52 Å². The summed E-state index contributed by atoms with van der Waals surface area (Å²) in [6.07, 6.45) is 0. The lowest BCUT2D eigenvalue weighted by Crippen LogP contribution is -1.95. The molecule has 0 amide bonds. The van der Waals surface area contributed by atoms with Crippen LogP contribution in [0.2, 0.25) is 5.02 Å². The zero-order valence-electron chi connectivity index (χ0n) is 8.53. The fraction of sp³-hybridized carbons (Fsp3) is 0. The molecule has 0 aliphatic heterocycles. The summed E-state index contributed by atoms with van der Waals surface area (Å²) in [5, 5.41) is 26.3. The molecule has 2 rings (SSSR count). The molecule has 0 radical (unpaired) electrons. The lowest BCUT2D eigenvalue weighted by Gasteiger charge is -1.98. The van der Waals surface area contributed by atoms with Gasteiger partial charge in [0.15, 0.2) is 0 Å². The van der Waals surface area contributed by atoms with Crippen LogP contribution in [0.5, 0.6) is 0 Å². The first-order valence-corrected chi connectivity index (χ1v) is 4.88. The van der Waals surface area contributed by atoms with Gasteiger partial charge in [0.05, 0.1) is 4.92 Å². The molecule has 2 aromatic rings. The van der Waals surface area contributed by atoms with Gasteiger partial charge in [-0.15, -0.1) is 10.2 Å². The van der Waals surface area contributed by atoms with E-state index in [1.54, 1.807) is 0 Å². The average molecular weight is 270 g/mol. The molecule has 92 valence electrons. The van der Waals surface area contributed by atoms with Gasteiger partial charge >= 0.3 is 11.9 Å². The van der Waals surface area contributed by atoms with Gasteiger partial charge in [0.2, 0.25) is 0 Å². The van der Waals surface area contributed by atoms with E-state index in [-0.39, 0.29) is 22.2 Å². The molecule has 0 saturated carbocycles. The van der Waals surface area contributed by atoms with Crippen molar-refractivity contribution in [1.82, 2.24) is 10.2 Å². The van der Waals surface area contributed by atoms with Crippen molar-refractivity contribution in [1.29, 1.82) is 0 Å². The maximum atomic E-state index is 10.8. The van der Waals surface area contributed by atoms with Crippen LogP contribution in [-0.2, 0) is 0 Å². The minimum atomic E-state index is -1.41. The molecule has 0 saturated heterocycles. The van der Waals surface area contributed by atoms with Crippen molar-refractivity contribution in [2.75, 3.05) is 0 Å². The van der Waals surface area contributed by atoms with E-state index in [0.29, 0.717) is 0 Å². The normalized spacial score (nSPS) is 10.3. The highest BCUT2D eigenvalue weighted by Gasteiger charge is 2.22. The minimum Gasteiger partial charge on any atom is -0.474 e. The second-order valence-corrected chi connectivity index (χ2v) is 3.57. The van der Waals surface area contributed by atoms with Crippen LogP contribution in [0.15, 0.2) is 22.6 Å². The van der Waals surface area contributed by atoms with E-state index in [0.717, 1.165) is 6.07 Å². The zero-order chi connectivity index (χ0) is 13.3. The highest BCUT2D eigenvalue weighted by Crippen LogP contribution is 2.31. The fourth-order valence-corrected chi connectivity index (χ4v) is 1.42. The second-order valence-electron chi connectivity index (χ2n) is 3.14. The molecular formula is C9H4ClN3O5. The Labute approximate surface area is 104 Å². The van der Waals surface area contributed by atoms with Crippen LogP contribution in [0.1, 0.15) is 10.7 Å². The summed E-state index contributed by atoms with van der Waals surface area (Å²) >= 11 is 5.64. The molecule has 0 aliphatic carbocycles. The van der Waals surface area contributed by atoms with Gasteiger partial charge in [0.1, 0.15) is 5.56 Å². The molecule has 0 unspecified atom stereocenters. The fourth-order valence-electron chi connectivity index (χ4n) is 1.26. The Balaban J connectivity index is 2.55. The molecule has 1 N–H and O–H groups in total. The maximum absolute atomic E-state index is 10.8. The first-order valence-electron chi connectivity index (χ1n) is 4.50. The number of aromatic carboxylic acids is 1. The summed E-state index contributed by atoms with van der Waals surface area (Å²) in [7, 11) is 0. The quantitative estimate of drug-likeness (QED) is 0.668. The third-order valence-electron chi connectivity index (χ3n) is 1.99. The summed E-state index contributed by atoms with van der Waals surface area (Å²) < 4.78 is 4.79.